The first-order chi connectivity index (χ1) is 8.80. The van der Waals surface area contributed by atoms with Crippen molar-refractivity contribution in [2.24, 2.45) is 0 Å². The van der Waals surface area contributed by atoms with Crippen LogP contribution < -0.4 is 0 Å². The van der Waals surface area contributed by atoms with Gasteiger partial charge in [0, 0.05) is 12.1 Å². The van der Waals surface area contributed by atoms with Crippen LogP contribution in [-0.4, -0.2) is 40.8 Å². The zero-order valence-electron chi connectivity index (χ0n) is 11.1. The molecule has 0 aromatic carbocycles. The lowest BCUT2D eigenvalue weighted by atomic mass is 10.1. The summed E-state index contributed by atoms with van der Waals surface area (Å²) in [5.41, 5.74) is 2.61. The van der Waals surface area contributed by atoms with E-state index in [1.807, 2.05) is 13.8 Å². The third kappa shape index (κ3) is 2.97. The van der Waals surface area contributed by atoms with Gasteiger partial charge >= 0.3 is 5.97 Å². The Balaban J connectivity index is 2.24. The van der Waals surface area contributed by atoms with E-state index >= 15 is 0 Å². The monoisotopic (exact) mass is 286 g/mol. The maximum Gasteiger partial charge on any atom is 0.303 e. The van der Waals surface area contributed by atoms with Crippen molar-refractivity contribution in [3.8, 4) is 0 Å². The smallest absolute Gasteiger partial charge is 0.303 e. The van der Waals surface area contributed by atoms with E-state index in [1.165, 1.54) is 0 Å². The van der Waals surface area contributed by atoms with Gasteiger partial charge in [0.1, 0.15) is 0 Å². The highest BCUT2D eigenvalue weighted by Crippen LogP contribution is 2.27. The Hall–Kier alpha value is -1.37. The minimum absolute atomic E-state index is 0.0658. The molecule has 1 aliphatic heterocycles. The van der Waals surface area contributed by atoms with Gasteiger partial charge in [-0.25, -0.2) is 8.42 Å². The van der Waals surface area contributed by atoms with E-state index in [0.29, 0.717) is 12.8 Å². The zero-order chi connectivity index (χ0) is 14.2. The van der Waals surface area contributed by atoms with Crippen LogP contribution in [0.25, 0.3) is 0 Å². The summed E-state index contributed by atoms with van der Waals surface area (Å²) >= 11 is 0. The number of aliphatic carboxylic acids is 1. The fraction of sp³-hybridized carbons (Fsp3) is 0.667. The van der Waals surface area contributed by atoms with Gasteiger partial charge < -0.3 is 5.11 Å². The number of carboxylic acids is 1. The first-order valence-corrected chi connectivity index (χ1v) is 8.09. The molecule has 2 heterocycles. The van der Waals surface area contributed by atoms with Gasteiger partial charge in [0.25, 0.3) is 0 Å². The van der Waals surface area contributed by atoms with Crippen molar-refractivity contribution in [2.45, 2.75) is 39.2 Å². The van der Waals surface area contributed by atoms with Gasteiger partial charge in [0.05, 0.1) is 23.2 Å². The molecular weight excluding hydrogens is 268 g/mol. The quantitative estimate of drug-likeness (QED) is 0.887. The molecule has 106 valence electrons. The molecule has 0 amide bonds. The fourth-order valence-corrected chi connectivity index (χ4v) is 4.31. The Labute approximate surface area is 112 Å². The molecule has 2 rings (SSSR count). The molecule has 1 saturated heterocycles. The SMILES string of the molecule is Cc1nn([C@H]2CCS(=O)(=O)C2)c(C)c1CCC(=O)O. The molecule has 0 saturated carbocycles. The lowest BCUT2D eigenvalue weighted by molar-refractivity contribution is -0.136. The molecular formula is C12H18N2O4S. The Morgan fingerprint density at radius 2 is 2.16 bits per heavy atom. The third-order valence-electron chi connectivity index (χ3n) is 3.62. The molecule has 1 fully saturated rings. The maximum absolute atomic E-state index is 11.5. The number of sulfone groups is 1. The first kappa shape index (κ1) is 14.0. The molecule has 0 bridgehead atoms. The molecule has 0 unspecified atom stereocenters. The average molecular weight is 286 g/mol. The first-order valence-electron chi connectivity index (χ1n) is 6.27. The van der Waals surface area contributed by atoms with Crippen LogP contribution in [0.5, 0.6) is 0 Å². The molecule has 0 aliphatic carbocycles. The Kier molecular flexibility index (Phi) is 3.66. The van der Waals surface area contributed by atoms with Crippen LogP contribution in [0, 0.1) is 13.8 Å². The lowest BCUT2D eigenvalue weighted by Gasteiger charge is -2.11. The number of nitrogens with zero attached hydrogens (tertiary/aromatic N) is 2. The summed E-state index contributed by atoms with van der Waals surface area (Å²) in [6.07, 6.45) is 1.09. The minimum Gasteiger partial charge on any atom is -0.481 e. The molecule has 1 N–H and O–H groups in total. The number of aromatic nitrogens is 2. The lowest BCUT2D eigenvalue weighted by Crippen LogP contribution is -2.14. The Bertz CT molecular complexity index is 603. The standard InChI is InChI=1S/C12H18N2O4S/c1-8-11(3-4-12(15)16)9(2)14(13-8)10-5-6-19(17,18)7-10/h10H,3-7H2,1-2H3,(H,15,16)/t10-/m0/s1. The molecule has 6 nitrogen and oxygen atoms in total. The summed E-state index contributed by atoms with van der Waals surface area (Å²) in [5.74, 6) is -0.497. The molecule has 0 spiro atoms. The van der Waals surface area contributed by atoms with Gasteiger partial charge in [-0.05, 0) is 32.3 Å². The Morgan fingerprint density at radius 1 is 1.47 bits per heavy atom. The summed E-state index contributed by atoms with van der Waals surface area (Å²) in [7, 11) is -2.94. The minimum atomic E-state index is -2.94. The molecule has 19 heavy (non-hydrogen) atoms. The van der Waals surface area contributed by atoms with Crippen molar-refractivity contribution in [2.75, 3.05) is 11.5 Å². The number of hydrogen-bond acceptors (Lipinski definition) is 4. The summed E-state index contributed by atoms with van der Waals surface area (Å²) in [6, 6.07) is -0.109. The number of carbonyl (C=O) groups is 1. The molecule has 1 aromatic rings. The van der Waals surface area contributed by atoms with Crippen LogP contribution in [0.4, 0.5) is 0 Å². The number of hydrogen-bond donors (Lipinski definition) is 1. The van der Waals surface area contributed by atoms with Crippen LogP contribution in [0.3, 0.4) is 0 Å². The second kappa shape index (κ2) is 4.96. The summed E-state index contributed by atoms with van der Waals surface area (Å²) in [6.45, 7) is 3.71. The highest BCUT2D eigenvalue weighted by Gasteiger charge is 2.31. The van der Waals surface area contributed by atoms with Crippen LogP contribution >= 0.6 is 0 Å². The topological polar surface area (TPSA) is 89.3 Å². The van der Waals surface area contributed by atoms with Crippen LogP contribution in [0.1, 0.15) is 35.8 Å². The van der Waals surface area contributed by atoms with E-state index < -0.39 is 15.8 Å². The van der Waals surface area contributed by atoms with Crippen molar-refractivity contribution in [1.29, 1.82) is 0 Å². The van der Waals surface area contributed by atoms with Gasteiger partial charge in [0.15, 0.2) is 9.84 Å². The number of rotatable bonds is 4. The van der Waals surface area contributed by atoms with Gasteiger partial charge in [-0.3, -0.25) is 9.48 Å². The predicted octanol–water partition coefficient (Wildman–Crippen LogP) is 0.877. The van der Waals surface area contributed by atoms with Crippen molar-refractivity contribution in [3.63, 3.8) is 0 Å². The van der Waals surface area contributed by atoms with E-state index in [1.54, 1.807) is 4.68 Å². The highest BCUT2D eigenvalue weighted by atomic mass is 32.2. The van der Waals surface area contributed by atoms with Crippen molar-refractivity contribution in [3.05, 3.63) is 17.0 Å². The molecule has 1 atom stereocenters. The summed E-state index contributed by atoms with van der Waals surface area (Å²) in [4.78, 5) is 10.6. The highest BCUT2D eigenvalue weighted by molar-refractivity contribution is 7.91. The van der Waals surface area contributed by atoms with Crippen LogP contribution in [-0.2, 0) is 21.1 Å². The van der Waals surface area contributed by atoms with Crippen molar-refractivity contribution in [1.82, 2.24) is 9.78 Å². The summed E-state index contributed by atoms with van der Waals surface area (Å²) in [5, 5.41) is 13.1. The van der Waals surface area contributed by atoms with Crippen molar-refractivity contribution < 1.29 is 18.3 Å². The largest absolute Gasteiger partial charge is 0.481 e. The predicted molar refractivity (Wildman–Crippen MR) is 70.0 cm³/mol. The summed E-state index contributed by atoms with van der Waals surface area (Å²) < 4.78 is 24.8. The fourth-order valence-electron chi connectivity index (χ4n) is 2.61. The van der Waals surface area contributed by atoms with Gasteiger partial charge in [-0.15, -0.1) is 0 Å². The second-order valence-electron chi connectivity index (χ2n) is 5.04. The van der Waals surface area contributed by atoms with Gasteiger partial charge in [-0.2, -0.15) is 5.10 Å². The Morgan fingerprint density at radius 3 is 2.68 bits per heavy atom. The number of aryl methyl sites for hydroxylation is 1. The van der Waals surface area contributed by atoms with E-state index in [-0.39, 0.29) is 24.0 Å². The second-order valence-corrected chi connectivity index (χ2v) is 7.27. The van der Waals surface area contributed by atoms with Gasteiger partial charge in [-0.1, -0.05) is 0 Å². The maximum atomic E-state index is 11.5. The molecule has 7 heteroatoms. The van der Waals surface area contributed by atoms with Crippen LogP contribution in [0.2, 0.25) is 0 Å². The zero-order valence-corrected chi connectivity index (χ0v) is 11.9. The number of carboxylic acid groups (broad SMARTS) is 1. The molecule has 0 radical (unpaired) electrons. The van der Waals surface area contributed by atoms with Crippen molar-refractivity contribution >= 4 is 15.8 Å². The van der Waals surface area contributed by atoms with E-state index in [2.05, 4.69) is 5.10 Å². The molecule has 1 aliphatic rings. The van der Waals surface area contributed by atoms with E-state index in [9.17, 15) is 13.2 Å². The van der Waals surface area contributed by atoms with E-state index in [4.69, 9.17) is 5.11 Å². The van der Waals surface area contributed by atoms with Crippen LogP contribution in [0.15, 0.2) is 0 Å². The van der Waals surface area contributed by atoms with E-state index in [0.717, 1.165) is 17.0 Å². The normalized spacial score (nSPS) is 21.7. The molecule has 1 aromatic heterocycles. The average Bonchev–Trinajstić information content (AvgIpc) is 2.77. The van der Waals surface area contributed by atoms with Gasteiger partial charge in [0.2, 0.25) is 0 Å². The third-order valence-corrected chi connectivity index (χ3v) is 5.37.